The van der Waals surface area contributed by atoms with Gasteiger partial charge in [-0.1, -0.05) is 0 Å². The van der Waals surface area contributed by atoms with Gasteiger partial charge in [-0.3, -0.25) is 9.48 Å². The molecule has 0 spiro atoms. The van der Waals surface area contributed by atoms with Crippen LogP contribution in [0.2, 0.25) is 0 Å². The van der Waals surface area contributed by atoms with E-state index in [9.17, 15) is 18.0 Å². The molecule has 3 aromatic heterocycles. The summed E-state index contributed by atoms with van der Waals surface area (Å²) in [5, 5.41) is 8.24. The Hall–Kier alpha value is -2.91. The zero-order valence-electron chi connectivity index (χ0n) is 16.4. The molecule has 1 aliphatic rings. The van der Waals surface area contributed by atoms with Crippen LogP contribution in [0.1, 0.15) is 41.4 Å². The number of aryl methyl sites for hydroxylation is 2. The fourth-order valence-corrected chi connectivity index (χ4v) is 3.43. The average molecular weight is 406 g/mol. The van der Waals surface area contributed by atoms with Crippen LogP contribution in [0, 0.1) is 6.92 Å². The number of carbonyl (C=O) groups excluding carboxylic acids is 1. The van der Waals surface area contributed by atoms with Crippen LogP contribution in [0.4, 0.5) is 13.2 Å². The number of pyridine rings is 1. The largest absolute Gasteiger partial charge is 0.417 e. The topological polar surface area (TPSA) is 68.8 Å². The van der Waals surface area contributed by atoms with Crippen molar-refractivity contribution in [3.63, 3.8) is 0 Å². The van der Waals surface area contributed by atoms with Gasteiger partial charge in [-0.05, 0) is 31.9 Å². The third-order valence-corrected chi connectivity index (χ3v) is 5.23. The molecule has 0 bridgehead atoms. The van der Waals surface area contributed by atoms with Crippen molar-refractivity contribution in [3.8, 4) is 0 Å². The van der Waals surface area contributed by atoms with E-state index in [0.717, 1.165) is 24.6 Å². The number of halogens is 3. The van der Waals surface area contributed by atoms with Gasteiger partial charge in [0.2, 0.25) is 5.91 Å². The Morgan fingerprint density at radius 1 is 1.34 bits per heavy atom. The molecule has 0 radical (unpaired) electrons. The van der Waals surface area contributed by atoms with E-state index in [0.29, 0.717) is 12.2 Å². The standard InChI is InChI=1S/C19H21F3N6O/c1-11-17-14(19(20,21)22)8-15(12-4-5-12)24-18(17)28(25-11)10-16(29)26(2)9-13-6-7-23-27(13)3/h6-8,12H,4-5,9-10H2,1-3H3. The Bertz CT molecular complexity index is 1080. The van der Waals surface area contributed by atoms with Crippen molar-refractivity contribution < 1.29 is 18.0 Å². The second-order valence-corrected chi connectivity index (χ2v) is 7.50. The minimum atomic E-state index is -4.51. The van der Waals surface area contributed by atoms with Gasteiger partial charge in [-0.15, -0.1) is 0 Å². The van der Waals surface area contributed by atoms with Crippen molar-refractivity contribution in [1.29, 1.82) is 0 Å². The molecule has 0 unspecified atom stereocenters. The van der Waals surface area contributed by atoms with Crippen molar-refractivity contribution in [2.24, 2.45) is 7.05 Å². The normalized spacial score (nSPS) is 14.6. The van der Waals surface area contributed by atoms with Crippen molar-refractivity contribution in [2.45, 2.75) is 44.9 Å². The highest BCUT2D eigenvalue weighted by atomic mass is 19.4. The molecule has 4 rings (SSSR count). The van der Waals surface area contributed by atoms with Crippen LogP contribution in [-0.4, -0.2) is 42.4 Å². The zero-order chi connectivity index (χ0) is 20.9. The molecule has 1 saturated carbocycles. The van der Waals surface area contributed by atoms with Gasteiger partial charge in [-0.2, -0.15) is 23.4 Å². The monoisotopic (exact) mass is 406 g/mol. The first kappa shape index (κ1) is 19.4. The lowest BCUT2D eigenvalue weighted by Crippen LogP contribution is -2.31. The summed E-state index contributed by atoms with van der Waals surface area (Å²) in [4.78, 5) is 18.6. The van der Waals surface area contributed by atoms with Crippen molar-refractivity contribution in [3.05, 3.63) is 41.0 Å². The molecule has 1 amide bonds. The van der Waals surface area contributed by atoms with Crippen LogP contribution in [-0.2, 0) is 31.1 Å². The van der Waals surface area contributed by atoms with E-state index >= 15 is 0 Å². The number of carbonyl (C=O) groups is 1. The Kier molecular flexibility index (Phi) is 4.59. The summed E-state index contributed by atoms with van der Waals surface area (Å²) in [5.74, 6) is -0.227. The van der Waals surface area contributed by atoms with E-state index in [1.807, 2.05) is 0 Å². The molecule has 3 heterocycles. The Morgan fingerprint density at radius 3 is 2.66 bits per heavy atom. The number of amides is 1. The quantitative estimate of drug-likeness (QED) is 0.653. The van der Waals surface area contributed by atoms with E-state index in [1.54, 1.807) is 31.0 Å². The van der Waals surface area contributed by atoms with E-state index in [4.69, 9.17) is 0 Å². The molecule has 7 nitrogen and oxygen atoms in total. The van der Waals surface area contributed by atoms with E-state index < -0.39 is 11.7 Å². The maximum atomic E-state index is 13.7. The fraction of sp³-hybridized carbons (Fsp3) is 0.474. The summed E-state index contributed by atoms with van der Waals surface area (Å²) in [7, 11) is 3.41. The summed E-state index contributed by atoms with van der Waals surface area (Å²) >= 11 is 0. The highest BCUT2D eigenvalue weighted by molar-refractivity contribution is 5.85. The third-order valence-electron chi connectivity index (χ3n) is 5.23. The Morgan fingerprint density at radius 2 is 2.07 bits per heavy atom. The third kappa shape index (κ3) is 3.70. The summed E-state index contributed by atoms with van der Waals surface area (Å²) < 4.78 is 43.9. The summed E-state index contributed by atoms with van der Waals surface area (Å²) in [6, 6.07) is 2.94. The molecule has 1 fully saturated rings. The van der Waals surface area contributed by atoms with Gasteiger partial charge >= 0.3 is 6.18 Å². The number of hydrogen-bond donors (Lipinski definition) is 0. The molecule has 0 aliphatic heterocycles. The van der Waals surface area contributed by atoms with Gasteiger partial charge < -0.3 is 4.90 Å². The molecule has 3 aromatic rings. The van der Waals surface area contributed by atoms with Crippen molar-refractivity contribution in [1.82, 2.24) is 29.4 Å². The van der Waals surface area contributed by atoms with E-state index in [1.165, 1.54) is 16.5 Å². The summed E-state index contributed by atoms with van der Waals surface area (Å²) in [5.41, 5.74) is 0.854. The first-order valence-corrected chi connectivity index (χ1v) is 9.31. The Balaban J connectivity index is 1.68. The average Bonchev–Trinajstić information content (AvgIpc) is 3.36. The van der Waals surface area contributed by atoms with E-state index in [-0.39, 0.29) is 35.1 Å². The molecule has 0 atom stereocenters. The van der Waals surface area contributed by atoms with Gasteiger partial charge in [0, 0.05) is 31.9 Å². The smallest absolute Gasteiger partial charge is 0.338 e. The number of alkyl halides is 3. The molecule has 0 saturated heterocycles. The first-order chi connectivity index (χ1) is 13.6. The Labute approximate surface area is 165 Å². The molecule has 1 aliphatic carbocycles. The molecular formula is C19H21F3N6O. The van der Waals surface area contributed by atoms with Gasteiger partial charge in [0.05, 0.1) is 28.9 Å². The van der Waals surface area contributed by atoms with Crippen molar-refractivity contribution >= 4 is 16.9 Å². The SMILES string of the molecule is Cc1nn(CC(=O)N(C)Cc2ccnn2C)c2nc(C3CC3)cc(C(F)(F)F)c12. The molecular weight excluding hydrogens is 385 g/mol. The first-order valence-electron chi connectivity index (χ1n) is 9.31. The summed E-state index contributed by atoms with van der Waals surface area (Å²) in [6.07, 6.45) is -1.21. The number of hydrogen-bond acceptors (Lipinski definition) is 4. The lowest BCUT2D eigenvalue weighted by molar-refractivity contribution is -0.136. The lowest BCUT2D eigenvalue weighted by Gasteiger charge is -2.17. The van der Waals surface area contributed by atoms with Gasteiger partial charge in [0.15, 0.2) is 5.65 Å². The highest BCUT2D eigenvalue weighted by Crippen LogP contribution is 2.43. The van der Waals surface area contributed by atoms with Crippen LogP contribution < -0.4 is 0 Å². The predicted octanol–water partition coefficient (Wildman–Crippen LogP) is 3.03. The second-order valence-electron chi connectivity index (χ2n) is 7.50. The van der Waals surface area contributed by atoms with Crippen LogP contribution >= 0.6 is 0 Å². The lowest BCUT2D eigenvalue weighted by atomic mass is 10.1. The van der Waals surface area contributed by atoms with Gasteiger partial charge in [-0.25, -0.2) is 9.67 Å². The molecule has 10 heteroatoms. The van der Waals surface area contributed by atoms with Crippen LogP contribution in [0.5, 0.6) is 0 Å². The molecule has 0 N–H and O–H groups in total. The van der Waals surface area contributed by atoms with Crippen LogP contribution in [0.25, 0.3) is 11.0 Å². The fourth-order valence-electron chi connectivity index (χ4n) is 3.43. The van der Waals surface area contributed by atoms with Crippen LogP contribution in [0.3, 0.4) is 0 Å². The van der Waals surface area contributed by atoms with Crippen LogP contribution in [0.15, 0.2) is 18.3 Å². The molecule has 0 aromatic carbocycles. The maximum Gasteiger partial charge on any atom is 0.417 e. The molecule has 154 valence electrons. The highest BCUT2D eigenvalue weighted by Gasteiger charge is 2.37. The minimum Gasteiger partial charge on any atom is -0.338 e. The molecule has 29 heavy (non-hydrogen) atoms. The van der Waals surface area contributed by atoms with Gasteiger partial charge in [0.25, 0.3) is 0 Å². The second kappa shape index (κ2) is 6.85. The summed E-state index contributed by atoms with van der Waals surface area (Å²) in [6.45, 7) is 1.66. The predicted molar refractivity (Wildman–Crippen MR) is 98.9 cm³/mol. The number of aromatic nitrogens is 5. The minimum absolute atomic E-state index is 0.0380. The van der Waals surface area contributed by atoms with E-state index in [2.05, 4.69) is 15.2 Å². The van der Waals surface area contributed by atoms with Crippen molar-refractivity contribution in [2.75, 3.05) is 7.05 Å². The number of fused-ring (bicyclic) bond motifs is 1. The maximum absolute atomic E-state index is 13.7. The number of nitrogens with zero attached hydrogens (tertiary/aromatic N) is 6. The van der Waals surface area contributed by atoms with Gasteiger partial charge in [0.1, 0.15) is 6.54 Å². The number of likely N-dealkylation sites (N-methyl/N-ethyl adjacent to an activating group) is 1. The number of rotatable bonds is 5. The zero-order valence-corrected chi connectivity index (χ0v) is 16.4.